The van der Waals surface area contributed by atoms with Crippen molar-refractivity contribution in [2.45, 2.75) is 25.3 Å². The fourth-order valence-electron chi connectivity index (χ4n) is 3.08. The molecule has 0 amide bonds. The van der Waals surface area contributed by atoms with Gasteiger partial charge in [0.2, 0.25) is 5.95 Å². The van der Waals surface area contributed by atoms with Crippen molar-refractivity contribution in [3.63, 3.8) is 0 Å². The van der Waals surface area contributed by atoms with Crippen LogP contribution in [-0.2, 0) is 0 Å². The van der Waals surface area contributed by atoms with Gasteiger partial charge in [0.25, 0.3) is 0 Å². The molecule has 1 unspecified atom stereocenters. The van der Waals surface area contributed by atoms with Crippen molar-refractivity contribution in [2.24, 2.45) is 10.9 Å². The Balaban J connectivity index is 1.70. The number of hydrogen-bond acceptors (Lipinski definition) is 5. The lowest BCUT2D eigenvalue weighted by molar-refractivity contribution is 0.301. The van der Waals surface area contributed by atoms with E-state index in [4.69, 9.17) is 10.9 Å². The molecule has 2 heterocycles. The third-order valence-electron chi connectivity index (χ3n) is 4.34. The van der Waals surface area contributed by atoms with Gasteiger partial charge in [0.1, 0.15) is 5.52 Å². The molecule has 0 radical (unpaired) electrons. The molecule has 1 aromatic heterocycles. The van der Waals surface area contributed by atoms with Crippen LogP contribution in [0.25, 0.3) is 11.0 Å². The largest absolute Gasteiger partial charge is 0.409 e. The molecule has 1 aromatic carbocycles. The predicted octanol–water partition coefficient (Wildman–Crippen LogP) is 1.55. The Morgan fingerprint density at radius 3 is 3.18 bits per heavy atom. The van der Waals surface area contributed by atoms with Crippen LogP contribution in [0.2, 0.25) is 0 Å². The molecule has 5 N–H and O–H groups in total. The summed E-state index contributed by atoms with van der Waals surface area (Å²) in [5, 5.41) is 15.2. The number of nitrogens with one attached hydrogen (secondary N) is 2. The van der Waals surface area contributed by atoms with Crippen molar-refractivity contribution in [2.75, 3.05) is 25.5 Å². The first kappa shape index (κ1) is 14.6. The Morgan fingerprint density at radius 2 is 2.45 bits per heavy atom. The van der Waals surface area contributed by atoms with E-state index in [0.29, 0.717) is 23.1 Å². The Kier molecular flexibility index (Phi) is 4.15. The molecule has 0 bridgehead atoms. The van der Waals surface area contributed by atoms with Crippen LogP contribution in [0.3, 0.4) is 0 Å². The second-order valence-corrected chi connectivity index (χ2v) is 5.76. The average molecular weight is 302 g/mol. The summed E-state index contributed by atoms with van der Waals surface area (Å²) in [4.78, 5) is 10.1. The molecule has 1 aliphatic rings. The molecule has 2 aromatic rings. The zero-order valence-electron chi connectivity index (χ0n) is 12.7. The van der Waals surface area contributed by atoms with Crippen LogP contribution in [-0.4, -0.2) is 52.1 Å². The highest BCUT2D eigenvalue weighted by atomic mass is 16.4. The number of benzene rings is 1. The number of oxime groups is 1. The van der Waals surface area contributed by atoms with E-state index in [1.807, 2.05) is 12.1 Å². The van der Waals surface area contributed by atoms with Crippen molar-refractivity contribution in [1.29, 1.82) is 0 Å². The van der Waals surface area contributed by atoms with E-state index < -0.39 is 0 Å². The van der Waals surface area contributed by atoms with Gasteiger partial charge in [-0.05, 0) is 45.0 Å². The molecule has 1 atom stereocenters. The monoisotopic (exact) mass is 302 g/mol. The van der Waals surface area contributed by atoms with E-state index in [2.05, 4.69) is 32.4 Å². The van der Waals surface area contributed by atoms with Crippen LogP contribution >= 0.6 is 0 Å². The summed E-state index contributed by atoms with van der Waals surface area (Å²) in [6.45, 7) is 2.06. The van der Waals surface area contributed by atoms with Crippen molar-refractivity contribution in [1.82, 2.24) is 14.9 Å². The first-order valence-electron chi connectivity index (χ1n) is 7.60. The lowest BCUT2D eigenvalue weighted by Crippen LogP contribution is -2.27. The molecule has 0 saturated carbocycles. The summed E-state index contributed by atoms with van der Waals surface area (Å²) < 4.78 is 0. The van der Waals surface area contributed by atoms with E-state index in [1.165, 1.54) is 19.4 Å². The normalized spacial score (nSPS) is 19.9. The summed E-state index contributed by atoms with van der Waals surface area (Å²) in [6.07, 6.45) is 3.65. The van der Waals surface area contributed by atoms with E-state index >= 15 is 0 Å². The number of amidine groups is 1. The van der Waals surface area contributed by atoms with Crippen LogP contribution in [0.4, 0.5) is 5.95 Å². The maximum Gasteiger partial charge on any atom is 0.201 e. The van der Waals surface area contributed by atoms with Crippen molar-refractivity contribution in [3.05, 3.63) is 23.8 Å². The number of fused-ring (bicyclic) bond motifs is 1. The number of rotatable bonds is 5. The number of nitrogens with zero attached hydrogens (tertiary/aromatic N) is 3. The predicted molar refractivity (Wildman–Crippen MR) is 87.4 cm³/mol. The highest BCUT2D eigenvalue weighted by Gasteiger charge is 2.20. The summed E-state index contributed by atoms with van der Waals surface area (Å²) >= 11 is 0. The van der Waals surface area contributed by atoms with Gasteiger partial charge >= 0.3 is 0 Å². The minimum Gasteiger partial charge on any atom is -0.409 e. The lowest BCUT2D eigenvalue weighted by atomic mass is 10.1. The average Bonchev–Trinajstić information content (AvgIpc) is 3.12. The quantitative estimate of drug-likeness (QED) is 0.290. The molecule has 0 spiro atoms. The first-order valence-corrected chi connectivity index (χ1v) is 7.60. The van der Waals surface area contributed by atoms with Crippen LogP contribution in [0.5, 0.6) is 0 Å². The zero-order chi connectivity index (χ0) is 15.5. The Hall–Kier alpha value is -2.28. The Morgan fingerprint density at radius 1 is 1.59 bits per heavy atom. The van der Waals surface area contributed by atoms with E-state index in [0.717, 1.165) is 18.5 Å². The summed E-state index contributed by atoms with van der Waals surface area (Å²) in [5.74, 6) is 0.782. The smallest absolute Gasteiger partial charge is 0.201 e. The topological polar surface area (TPSA) is 103 Å². The number of hydrogen-bond donors (Lipinski definition) is 4. The standard InChI is InChI=1S/C15H22N6O/c1-21-9-3-4-10(21)7-8-17-15-18-12-6-2-5-11(13(12)19-15)14(16)20-22/h2,5-6,10,22H,3-4,7-9H2,1H3,(H2,16,20)(H2,17,18,19). The SMILES string of the molecule is CN1CCCC1CCNc1nc2c(C(N)=NO)cccc2[nH]1. The van der Waals surface area contributed by atoms with Crippen molar-refractivity contribution in [3.8, 4) is 0 Å². The van der Waals surface area contributed by atoms with E-state index in [1.54, 1.807) is 6.07 Å². The van der Waals surface area contributed by atoms with Gasteiger partial charge in [0, 0.05) is 18.2 Å². The molecule has 7 nitrogen and oxygen atoms in total. The van der Waals surface area contributed by atoms with E-state index in [-0.39, 0.29) is 5.84 Å². The van der Waals surface area contributed by atoms with Gasteiger partial charge in [0.05, 0.1) is 5.52 Å². The van der Waals surface area contributed by atoms with Crippen LogP contribution in [0.1, 0.15) is 24.8 Å². The molecule has 118 valence electrons. The van der Waals surface area contributed by atoms with Gasteiger partial charge in [-0.15, -0.1) is 0 Å². The summed E-state index contributed by atoms with van der Waals surface area (Å²) in [5.41, 5.74) is 7.88. The maximum absolute atomic E-state index is 8.85. The fraction of sp³-hybridized carbons (Fsp3) is 0.467. The van der Waals surface area contributed by atoms with Crippen molar-refractivity contribution >= 4 is 22.8 Å². The molecular formula is C15H22N6O. The third kappa shape index (κ3) is 2.85. The molecule has 22 heavy (non-hydrogen) atoms. The number of nitrogens with two attached hydrogens (primary N) is 1. The van der Waals surface area contributed by atoms with Crippen LogP contribution in [0, 0.1) is 0 Å². The molecule has 1 aliphatic heterocycles. The minimum absolute atomic E-state index is 0.0660. The van der Waals surface area contributed by atoms with Gasteiger partial charge in [-0.1, -0.05) is 11.2 Å². The lowest BCUT2D eigenvalue weighted by Gasteiger charge is -2.19. The number of anilines is 1. The highest BCUT2D eigenvalue weighted by molar-refractivity contribution is 6.07. The number of imidazole rings is 1. The van der Waals surface area contributed by atoms with Gasteiger partial charge in [-0.3, -0.25) is 0 Å². The molecule has 3 rings (SSSR count). The van der Waals surface area contributed by atoms with E-state index in [9.17, 15) is 0 Å². The van der Waals surface area contributed by atoms with Gasteiger partial charge in [0.15, 0.2) is 5.84 Å². The fourth-order valence-corrected chi connectivity index (χ4v) is 3.08. The Bertz CT molecular complexity index is 680. The minimum atomic E-state index is 0.0660. The number of H-pyrrole nitrogens is 1. The molecule has 7 heteroatoms. The van der Waals surface area contributed by atoms with Gasteiger partial charge in [-0.2, -0.15) is 0 Å². The maximum atomic E-state index is 8.85. The molecule has 1 saturated heterocycles. The molecule has 1 fully saturated rings. The first-order chi connectivity index (χ1) is 10.7. The molecule has 0 aliphatic carbocycles. The van der Waals surface area contributed by atoms with Crippen molar-refractivity contribution < 1.29 is 5.21 Å². The number of para-hydroxylation sites is 1. The van der Waals surface area contributed by atoms with Crippen LogP contribution < -0.4 is 11.1 Å². The van der Waals surface area contributed by atoms with Crippen LogP contribution in [0.15, 0.2) is 23.4 Å². The number of aromatic nitrogens is 2. The summed E-state index contributed by atoms with van der Waals surface area (Å²) in [6, 6.07) is 6.22. The number of likely N-dealkylation sites (tertiary alicyclic amines) is 1. The Labute approximate surface area is 129 Å². The molecular weight excluding hydrogens is 280 g/mol. The number of aromatic amines is 1. The van der Waals surface area contributed by atoms with Gasteiger partial charge < -0.3 is 26.1 Å². The summed E-state index contributed by atoms with van der Waals surface area (Å²) in [7, 11) is 2.18. The third-order valence-corrected chi connectivity index (χ3v) is 4.34. The highest BCUT2D eigenvalue weighted by Crippen LogP contribution is 2.20. The second kappa shape index (κ2) is 6.23. The zero-order valence-corrected chi connectivity index (χ0v) is 12.7. The van der Waals surface area contributed by atoms with Gasteiger partial charge in [-0.25, -0.2) is 4.98 Å². The second-order valence-electron chi connectivity index (χ2n) is 5.76.